The van der Waals surface area contributed by atoms with Gasteiger partial charge in [-0.2, -0.15) is 5.10 Å². The van der Waals surface area contributed by atoms with Crippen molar-refractivity contribution in [3.8, 4) is 11.6 Å². The minimum Gasteiger partial charge on any atom is -0.461 e. The van der Waals surface area contributed by atoms with Crippen LogP contribution in [-0.4, -0.2) is 51.7 Å². The van der Waals surface area contributed by atoms with Gasteiger partial charge in [-0.25, -0.2) is 9.97 Å². The number of fused-ring (bicyclic) bond motifs is 1. The van der Waals surface area contributed by atoms with Crippen LogP contribution >= 0.6 is 35.3 Å². The molecule has 0 aliphatic heterocycles. The van der Waals surface area contributed by atoms with E-state index in [1.807, 2.05) is 30.5 Å². The van der Waals surface area contributed by atoms with Crippen LogP contribution in [0.25, 0.3) is 11.6 Å². The molecule has 10 heteroatoms. The van der Waals surface area contributed by atoms with E-state index in [-0.39, 0.29) is 24.0 Å². The van der Waals surface area contributed by atoms with E-state index in [9.17, 15) is 0 Å². The fourth-order valence-corrected chi connectivity index (χ4v) is 4.56. The summed E-state index contributed by atoms with van der Waals surface area (Å²) in [5.41, 5.74) is 1.31. The first-order chi connectivity index (χ1) is 13.7. The third-order valence-electron chi connectivity index (χ3n) is 4.75. The zero-order valence-corrected chi connectivity index (χ0v) is 19.8. The Morgan fingerprint density at radius 2 is 2.21 bits per heavy atom. The van der Waals surface area contributed by atoms with Gasteiger partial charge in [-0.1, -0.05) is 0 Å². The molecule has 0 saturated carbocycles. The van der Waals surface area contributed by atoms with Gasteiger partial charge in [0.2, 0.25) is 5.82 Å². The van der Waals surface area contributed by atoms with Gasteiger partial charge in [0.25, 0.3) is 0 Å². The summed E-state index contributed by atoms with van der Waals surface area (Å²) in [5.74, 6) is 2.90. The van der Waals surface area contributed by atoms with Crippen LogP contribution in [0.1, 0.15) is 34.2 Å². The average molecular weight is 527 g/mol. The number of hydrogen-bond acceptors (Lipinski definition) is 6. The number of hydrogen-bond donors (Lipinski definition) is 2. The molecule has 0 radical (unpaired) electrons. The Bertz CT molecular complexity index is 911. The highest BCUT2D eigenvalue weighted by atomic mass is 127. The molecule has 0 atom stereocenters. The standard InChI is InChI=1S/C19H25N7OS.HI/c1-20-19(26(2)12-17-22-13-6-3-4-8-15(13)28-17)21-10-9-16-23-18(25-24-16)14-7-5-11-27-14;/h5,7,11H,3-4,6,8-10,12H2,1-2H3,(H,20,21)(H,23,24,25);1H. The molecule has 8 nitrogen and oxygen atoms in total. The monoisotopic (exact) mass is 527 g/mol. The highest BCUT2D eigenvalue weighted by Gasteiger charge is 2.17. The highest BCUT2D eigenvalue weighted by Crippen LogP contribution is 2.27. The number of aliphatic imine (C=N–C) groups is 1. The zero-order valence-electron chi connectivity index (χ0n) is 16.6. The molecular weight excluding hydrogens is 501 g/mol. The van der Waals surface area contributed by atoms with E-state index in [4.69, 9.17) is 9.40 Å². The lowest BCUT2D eigenvalue weighted by atomic mass is 10.0. The molecule has 1 aliphatic rings. The largest absolute Gasteiger partial charge is 0.461 e. The summed E-state index contributed by atoms with van der Waals surface area (Å²) in [6.07, 6.45) is 7.19. The molecule has 0 spiro atoms. The Morgan fingerprint density at radius 1 is 1.34 bits per heavy atom. The van der Waals surface area contributed by atoms with Crippen molar-refractivity contribution < 1.29 is 4.42 Å². The van der Waals surface area contributed by atoms with E-state index in [1.54, 1.807) is 13.3 Å². The number of aryl methyl sites for hydroxylation is 2. The van der Waals surface area contributed by atoms with E-state index < -0.39 is 0 Å². The van der Waals surface area contributed by atoms with E-state index >= 15 is 0 Å². The minimum absolute atomic E-state index is 0. The lowest BCUT2D eigenvalue weighted by molar-refractivity contribution is 0.474. The van der Waals surface area contributed by atoms with Gasteiger partial charge in [0.1, 0.15) is 10.8 Å². The summed E-state index contributed by atoms with van der Waals surface area (Å²) in [4.78, 5) is 17.3. The quantitative estimate of drug-likeness (QED) is 0.290. The smallest absolute Gasteiger partial charge is 0.216 e. The second-order valence-corrected chi connectivity index (χ2v) is 8.02. The summed E-state index contributed by atoms with van der Waals surface area (Å²) < 4.78 is 5.32. The molecule has 4 rings (SSSR count). The first kappa shape index (κ1) is 21.8. The van der Waals surface area contributed by atoms with Crippen molar-refractivity contribution in [2.75, 3.05) is 20.6 Å². The predicted octanol–water partition coefficient (Wildman–Crippen LogP) is 3.27. The number of rotatable bonds is 6. The fourth-order valence-electron chi connectivity index (χ4n) is 3.35. The van der Waals surface area contributed by atoms with Crippen molar-refractivity contribution in [1.82, 2.24) is 30.4 Å². The van der Waals surface area contributed by atoms with Crippen LogP contribution in [0, 0.1) is 0 Å². The van der Waals surface area contributed by atoms with Crippen LogP contribution < -0.4 is 5.32 Å². The highest BCUT2D eigenvalue weighted by molar-refractivity contribution is 14.0. The number of H-pyrrole nitrogens is 1. The lowest BCUT2D eigenvalue weighted by Crippen LogP contribution is -2.39. The molecule has 0 aromatic carbocycles. The molecule has 29 heavy (non-hydrogen) atoms. The summed E-state index contributed by atoms with van der Waals surface area (Å²) in [6.45, 7) is 1.47. The zero-order chi connectivity index (χ0) is 19.3. The summed E-state index contributed by atoms with van der Waals surface area (Å²) in [6, 6.07) is 3.67. The maximum Gasteiger partial charge on any atom is 0.216 e. The maximum absolute atomic E-state index is 5.32. The maximum atomic E-state index is 5.32. The van der Waals surface area contributed by atoms with Crippen molar-refractivity contribution in [3.63, 3.8) is 0 Å². The van der Waals surface area contributed by atoms with E-state index in [0.29, 0.717) is 24.6 Å². The summed E-state index contributed by atoms with van der Waals surface area (Å²) in [7, 11) is 3.84. The molecule has 156 valence electrons. The average Bonchev–Trinajstić information content (AvgIpc) is 3.44. The number of nitrogens with zero attached hydrogens (tertiary/aromatic N) is 5. The molecule has 2 N–H and O–H groups in total. The Kier molecular flexibility index (Phi) is 7.64. The Labute approximate surface area is 191 Å². The molecule has 0 unspecified atom stereocenters. The minimum atomic E-state index is 0. The molecule has 0 amide bonds. The van der Waals surface area contributed by atoms with E-state index in [0.717, 1.165) is 29.8 Å². The van der Waals surface area contributed by atoms with Gasteiger partial charge in [0, 0.05) is 31.9 Å². The van der Waals surface area contributed by atoms with Crippen LogP contribution in [0.5, 0.6) is 0 Å². The van der Waals surface area contributed by atoms with Crippen molar-refractivity contribution >= 4 is 41.3 Å². The predicted molar refractivity (Wildman–Crippen MR) is 125 cm³/mol. The first-order valence-electron chi connectivity index (χ1n) is 9.57. The van der Waals surface area contributed by atoms with Crippen molar-refractivity contribution in [2.24, 2.45) is 4.99 Å². The molecule has 3 aromatic heterocycles. The first-order valence-corrected chi connectivity index (χ1v) is 10.4. The van der Waals surface area contributed by atoms with Gasteiger partial charge in [0.15, 0.2) is 11.7 Å². The van der Waals surface area contributed by atoms with Crippen molar-refractivity contribution in [3.05, 3.63) is 39.8 Å². The van der Waals surface area contributed by atoms with Gasteiger partial charge in [-0.3, -0.25) is 10.1 Å². The number of aromatic amines is 1. The lowest BCUT2D eigenvalue weighted by Gasteiger charge is -2.20. The Hall–Kier alpha value is -1.95. The van der Waals surface area contributed by atoms with Crippen LogP contribution in [0.4, 0.5) is 0 Å². The number of aromatic nitrogens is 4. The second-order valence-electron chi connectivity index (χ2n) is 6.85. The van der Waals surface area contributed by atoms with E-state index in [1.165, 1.54) is 29.8 Å². The van der Waals surface area contributed by atoms with Gasteiger partial charge in [-0.15, -0.1) is 35.3 Å². The normalized spacial score (nSPS) is 13.7. The van der Waals surface area contributed by atoms with Crippen LogP contribution in [0.15, 0.2) is 27.8 Å². The van der Waals surface area contributed by atoms with Crippen LogP contribution in [0.2, 0.25) is 0 Å². The molecule has 0 fully saturated rings. The van der Waals surface area contributed by atoms with Gasteiger partial charge >= 0.3 is 0 Å². The van der Waals surface area contributed by atoms with Gasteiger partial charge in [-0.05, 0) is 37.8 Å². The number of nitrogens with one attached hydrogen (secondary N) is 2. The molecular formula is C19H26IN7OS. The third kappa shape index (κ3) is 5.35. The van der Waals surface area contributed by atoms with E-state index in [2.05, 4.69) is 30.4 Å². The summed E-state index contributed by atoms with van der Waals surface area (Å²) >= 11 is 1.85. The Balaban J connectivity index is 0.00000240. The van der Waals surface area contributed by atoms with Crippen molar-refractivity contribution in [1.29, 1.82) is 0 Å². The van der Waals surface area contributed by atoms with Gasteiger partial charge in [0.05, 0.1) is 18.5 Å². The molecule has 3 aromatic rings. The SMILES string of the molecule is CN=C(NCCc1nc(-c2ccco2)n[nH]1)N(C)Cc1nc2c(s1)CCCC2.I. The molecule has 0 saturated heterocycles. The van der Waals surface area contributed by atoms with Crippen molar-refractivity contribution in [2.45, 2.75) is 38.6 Å². The molecule has 3 heterocycles. The molecule has 1 aliphatic carbocycles. The number of thiazole rings is 1. The van der Waals surface area contributed by atoms with Gasteiger partial charge < -0.3 is 14.6 Å². The van der Waals surface area contributed by atoms with Crippen LogP contribution in [-0.2, 0) is 25.8 Å². The molecule has 0 bridgehead atoms. The number of guanidine groups is 1. The third-order valence-corrected chi connectivity index (χ3v) is 5.90. The second kappa shape index (κ2) is 10.2. The fraction of sp³-hybridized carbons (Fsp3) is 0.474. The Morgan fingerprint density at radius 3 is 2.97 bits per heavy atom. The summed E-state index contributed by atoms with van der Waals surface area (Å²) in [5, 5.41) is 11.7. The van der Waals surface area contributed by atoms with Crippen LogP contribution in [0.3, 0.4) is 0 Å². The topological polar surface area (TPSA) is 95.2 Å². The number of halogens is 1. The number of furan rings is 1.